The number of aromatic amines is 2. The standard InChI is InChI=1S/C40H46N8O9/c1-21(49)33(45-39(53)55-3)37(51)47-15-5-7-29(47)35-41-19-27(43-35)23-9-11-24(12-10-23)32-18-26-17-25(13-14-31(26)57-32)28-20-42-36(44-28)30-8-6-16-48(30)38(52)34(22(2)50)46-40(54)56-4/h9-14,17-22,29-30,33-34,49-50H,5-8,15-16H2,1-4H3,(H,41,43)(H,42,44)(H,45,53)(H,46,54)/t21-,22-,29+,30+,33+,34+/m1/s1. The van der Waals surface area contributed by atoms with Gasteiger partial charge >= 0.3 is 12.2 Å². The number of H-pyrrole nitrogens is 2. The molecular weight excluding hydrogens is 736 g/mol. The van der Waals surface area contributed by atoms with E-state index < -0.39 is 48.3 Å². The van der Waals surface area contributed by atoms with Crippen LogP contribution in [0.15, 0.2) is 65.3 Å². The van der Waals surface area contributed by atoms with Crippen molar-refractivity contribution in [2.24, 2.45) is 0 Å². The molecule has 300 valence electrons. The fourth-order valence-electron chi connectivity index (χ4n) is 7.61. The number of aliphatic hydroxyl groups is 2. The van der Waals surface area contributed by atoms with Crippen LogP contribution in [-0.4, -0.2) is 116 Å². The molecule has 6 atom stereocenters. The number of amides is 4. The number of furan rings is 1. The van der Waals surface area contributed by atoms with Crippen LogP contribution < -0.4 is 10.6 Å². The molecule has 5 aromatic rings. The molecule has 17 heteroatoms. The monoisotopic (exact) mass is 782 g/mol. The van der Waals surface area contributed by atoms with Crippen LogP contribution in [0.3, 0.4) is 0 Å². The minimum atomic E-state index is -1.15. The number of ether oxygens (including phenoxy) is 2. The second kappa shape index (κ2) is 16.5. The van der Waals surface area contributed by atoms with E-state index in [4.69, 9.17) is 4.42 Å². The van der Waals surface area contributed by atoms with Gasteiger partial charge in [0.1, 0.15) is 35.1 Å². The number of aromatic nitrogens is 4. The number of methoxy groups -OCH3 is 2. The lowest BCUT2D eigenvalue weighted by Crippen LogP contribution is -2.53. The minimum Gasteiger partial charge on any atom is -0.456 e. The highest BCUT2D eigenvalue weighted by Crippen LogP contribution is 2.36. The first-order valence-electron chi connectivity index (χ1n) is 18.9. The molecule has 0 spiro atoms. The second-order valence-corrected chi connectivity index (χ2v) is 14.4. The molecule has 2 aromatic carbocycles. The van der Waals surface area contributed by atoms with Gasteiger partial charge in [0.15, 0.2) is 0 Å². The maximum atomic E-state index is 13.4. The number of rotatable bonds is 11. The van der Waals surface area contributed by atoms with Crippen molar-refractivity contribution >= 4 is 35.0 Å². The lowest BCUT2D eigenvalue weighted by atomic mass is 10.1. The number of alkyl carbamates (subject to hydrolysis) is 2. The molecule has 2 aliphatic rings. The van der Waals surface area contributed by atoms with E-state index >= 15 is 0 Å². The first kappa shape index (κ1) is 39.1. The van der Waals surface area contributed by atoms with Crippen molar-refractivity contribution in [2.45, 2.75) is 75.9 Å². The van der Waals surface area contributed by atoms with E-state index in [0.29, 0.717) is 48.9 Å². The Bertz CT molecular complexity index is 2240. The van der Waals surface area contributed by atoms with Crippen LogP contribution >= 0.6 is 0 Å². The summed E-state index contributed by atoms with van der Waals surface area (Å²) in [5, 5.41) is 26.2. The van der Waals surface area contributed by atoms with Crippen molar-refractivity contribution in [3.63, 3.8) is 0 Å². The van der Waals surface area contributed by atoms with Crippen LogP contribution in [0, 0.1) is 0 Å². The summed E-state index contributed by atoms with van der Waals surface area (Å²) >= 11 is 0. The zero-order chi connectivity index (χ0) is 40.4. The lowest BCUT2D eigenvalue weighted by Gasteiger charge is -2.29. The molecule has 0 saturated carbocycles. The Labute approximate surface area is 327 Å². The van der Waals surface area contributed by atoms with E-state index in [-0.39, 0.29) is 12.1 Å². The van der Waals surface area contributed by atoms with Crippen LogP contribution in [0.2, 0.25) is 0 Å². The Kier molecular flexibility index (Phi) is 11.3. The first-order valence-corrected chi connectivity index (χ1v) is 18.9. The number of likely N-dealkylation sites (tertiary alicyclic amines) is 2. The molecule has 0 aliphatic carbocycles. The Balaban J connectivity index is 1.03. The van der Waals surface area contributed by atoms with E-state index in [1.807, 2.05) is 48.5 Å². The second-order valence-electron chi connectivity index (χ2n) is 14.4. The Morgan fingerprint density at radius 1 is 0.737 bits per heavy atom. The fourth-order valence-corrected chi connectivity index (χ4v) is 7.61. The van der Waals surface area contributed by atoms with E-state index in [2.05, 4.69) is 40.0 Å². The molecule has 5 heterocycles. The van der Waals surface area contributed by atoms with Gasteiger partial charge in [-0.1, -0.05) is 24.3 Å². The van der Waals surface area contributed by atoms with Crippen LogP contribution in [0.25, 0.3) is 44.8 Å². The SMILES string of the molecule is COC(=O)N[C@H](C(=O)N1CCC[C@H]1c1ncc(-c2ccc(-c3cc4cc(-c5cnc([C@@H]6CCCN6C(=O)[C@@H](NC(=O)OC)[C@@H](C)O)[nH]5)ccc4o3)cc2)[nH]1)[C@@H](C)O. The smallest absolute Gasteiger partial charge is 0.407 e. The molecule has 3 aromatic heterocycles. The number of nitrogens with one attached hydrogen (secondary N) is 4. The molecule has 0 bridgehead atoms. The topological polar surface area (TPSA) is 228 Å². The van der Waals surface area contributed by atoms with Crippen molar-refractivity contribution in [3.05, 3.63) is 72.6 Å². The zero-order valence-electron chi connectivity index (χ0n) is 32.0. The van der Waals surface area contributed by atoms with Gasteiger partial charge in [0.2, 0.25) is 11.8 Å². The van der Waals surface area contributed by atoms with E-state index in [9.17, 15) is 29.4 Å². The van der Waals surface area contributed by atoms with Crippen LogP contribution in [-0.2, 0) is 19.1 Å². The summed E-state index contributed by atoms with van der Waals surface area (Å²) in [4.78, 5) is 69.7. The van der Waals surface area contributed by atoms with E-state index in [0.717, 1.165) is 46.3 Å². The Hall–Kier alpha value is -6.20. The molecule has 7 rings (SSSR count). The number of hydrogen-bond acceptors (Lipinski definition) is 11. The number of aliphatic hydroxyl groups excluding tert-OH is 2. The molecule has 6 N–H and O–H groups in total. The molecule has 0 unspecified atom stereocenters. The summed E-state index contributed by atoms with van der Waals surface area (Å²) in [5.41, 5.74) is 4.89. The predicted octanol–water partition coefficient (Wildman–Crippen LogP) is 4.42. The van der Waals surface area contributed by atoms with Crippen molar-refractivity contribution in [1.82, 2.24) is 40.4 Å². The Morgan fingerprint density at radius 3 is 1.70 bits per heavy atom. The highest BCUT2D eigenvalue weighted by molar-refractivity contribution is 5.89. The third-order valence-electron chi connectivity index (χ3n) is 10.6. The largest absolute Gasteiger partial charge is 0.456 e. The van der Waals surface area contributed by atoms with Gasteiger partial charge in [-0.05, 0) is 69.4 Å². The van der Waals surface area contributed by atoms with Gasteiger partial charge in [-0.3, -0.25) is 9.59 Å². The molecule has 0 radical (unpaired) electrons. The third-order valence-corrected chi connectivity index (χ3v) is 10.6. The fraction of sp³-hybridized carbons (Fsp3) is 0.400. The van der Waals surface area contributed by atoms with Crippen molar-refractivity contribution in [2.75, 3.05) is 27.3 Å². The molecule has 2 fully saturated rings. The van der Waals surface area contributed by atoms with Gasteiger partial charge in [0.05, 0.1) is 62.3 Å². The average molecular weight is 783 g/mol. The highest BCUT2D eigenvalue weighted by Gasteiger charge is 2.39. The van der Waals surface area contributed by atoms with Gasteiger partial charge in [0.25, 0.3) is 0 Å². The summed E-state index contributed by atoms with van der Waals surface area (Å²) < 4.78 is 15.5. The zero-order valence-corrected chi connectivity index (χ0v) is 32.0. The predicted molar refractivity (Wildman–Crippen MR) is 206 cm³/mol. The summed E-state index contributed by atoms with van der Waals surface area (Å²) in [7, 11) is 2.40. The molecular formula is C40H46N8O9. The number of hydrogen-bond donors (Lipinski definition) is 6. The number of nitrogens with zero attached hydrogens (tertiary/aromatic N) is 4. The average Bonchev–Trinajstić information content (AvgIpc) is 4.06. The van der Waals surface area contributed by atoms with Crippen LogP contribution in [0.4, 0.5) is 9.59 Å². The summed E-state index contributed by atoms with van der Waals surface area (Å²) in [5.74, 6) is 1.10. The first-order chi connectivity index (χ1) is 27.4. The maximum Gasteiger partial charge on any atom is 0.407 e. The minimum absolute atomic E-state index is 0.341. The lowest BCUT2D eigenvalue weighted by molar-refractivity contribution is -0.137. The quantitative estimate of drug-likeness (QED) is 0.110. The van der Waals surface area contributed by atoms with E-state index in [1.54, 1.807) is 22.2 Å². The van der Waals surface area contributed by atoms with E-state index in [1.165, 1.54) is 28.1 Å². The van der Waals surface area contributed by atoms with Crippen LogP contribution in [0.5, 0.6) is 0 Å². The maximum absolute atomic E-state index is 13.4. The van der Waals surface area contributed by atoms with Gasteiger partial charge in [-0.2, -0.15) is 0 Å². The Morgan fingerprint density at radius 2 is 1.21 bits per heavy atom. The molecule has 17 nitrogen and oxygen atoms in total. The van der Waals surface area contributed by atoms with Crippen molar-refractivity contribution < 1.29 is 43.3 Å². The van der Waals surface area contributed by atoms with Gasteiger partial charge in [-0.25, -0.2) is 19.6 Å². The molecule has 2 aliphatic heterocycles. The third kappa shape index (κ3) is 8.06. The molecule has 4 amide bonds. The number of imidazole rings is 2. The number of fused-ring (bicyclic) bond motifs is 1. The van der Waals surface area contributed by atoms with Crippen molar-refractivity contribution in [3.8, 4) is 33.8 Å². The van der Waals surface area contributed by atoms with Gasteiger partial charge < -0.3 is 54.5 Å². The normalized spacial score (nSPS) is 18.9. The number of benzene rings is 2. The van der Waals surface area contributed by atoms with Crippen LogP contribution in [0.1, 0.15) is 63.3 Å². The summed E-state index contributed by atoms with van der Waals surface area (Å²) in [6, 6.07) is 12.7. The summed E-state index contributed by atoms with van der Waals surface area (Å²) in [6.07, 6.45) is 2.48. The van der Waals surface area contributed by atoms with Gasteiger partial charge in [0, 0.05) is 29.6 Å². The number of carbonyl (C=O) groups is 4. The van der Waals surface area contributed by atoms with Crippen molar-refractivity contribution in [1.29, 1.82) is 0 Å². The summed E-state index contributed by atoms with van der Waals surface area (Å²) in [6.45, 7) is 3.82. The number of carbonyl (C=O) groups excluding carboxylic acids is 4. The van der Waals surface area contributed by atoms with Gasteiger partial charge in [-0.15, -0.1) is 0 Å². The highest BCUT2D eigenvalue weighted by atomic mass is 16.5. The molecule has 57 heavy (non-hydrogen) atoms. The molecule has 2 saturated heterocycles.